The van der Waals surface area contributed by atoms with E-state index in [2.05, 4.69) is 51.3 Å². The molecule has 2 amide bonds. The van der Waals surface area contributed by atoms with Crippen LogP contribution in [0.15, 0.2) is 0 Å². The monoisotopic (exact) mass is 1680 g/mol. The van der Waals surface area contributed by atoms with E-state index >= 15 is 0 Å². The van der Waals surface area contributed by atoms with Crippen LogP contribution in [-0.2, 0) is 47.7 Å². The molecular formula is C99H193N5O14. The number of hydrogen-bond acceptors (Lipinski definition) is 17. The number of carbonyl (C=O) groups is 6. The molecule has 0 heterocycles. The number of hydrogen-bond donors (Lipinski definition) is 4. The topological polar surface area (TPSA) is 236 Å². The van der Waals surface area contributed by atoms with Gasteiger partial charge in [-0.25, -0.2) is 0 Å². The van der Waals surface area contributed by atoms with Gasteiger partial charge in [0.25, 0.3) is 0 Å². The van der Waals surface area contributed by atoms with Crippen molar-refractivity contribution in [3.05, 3.63) is 0 Å². The number of rotatable bonds is 92. The van der Waals surface area contributed by atoms with E-state index in [9.17, 15) is 49.2 Å². The van der Waals surface area contributed by atoms with Crippen molar-refractivity contribution in [1.82, 2.24) is 24.5 Å². The molecule has 118 heavy (non-hydrogen) atoms. The summed E-state index contributed by atoms with van der Waals surface area (Å²) in [5.74, 6) is -0.884. The molecule has 0 fully saturated rings. The summed E-state index contributed by atoms with van der Waals surface area (Å²) in [7, 11) is 5.34. The smallest absolute Gasteiger partial charge is 0.306 e. The first-order chi connectivity index (χ1) is 57.3. The van der Waals surface area contributed by atoms with E-state index in [4.69, 9.17) is 18.9 Å². The Kier molecular flexibility index (Phi) is 83.2. The van der Waals surface area contributed by atoms with Gasteiger partial charge in [0.15, 0.2) is 0 Å². The van der Waals surface area contributed by atoms with Crippen molar-refractivity contribution in [2.75, 3.05) is 99.8 Å². The molecule has 0 aromatic heterocycles. The van der Waals surface area contributed by atoms with E-state index in [1.165, 1.54) is 205 Å². The number of aliphatic hydroxyl groups excluding tert-OH is 4. The molecule has 0 aliphatic rings. The Hall–Kier alpha value is -3.46. The summed E-state index contributed by atoms with van der Waals surface area (Å²) in [4.78, 5) is 88.2. The molecule has 0 aromatic rings. The standard InChI is InChI=1S/C99H193N5O14/c1-10-16-22-28-34-36-38-44-60-80-115-96(111)74-62-66-90(107)84-103(82-88(105)64-48-46-54-72-98(113)117-92(68-50-40-30-24-18-12-3)69-51-41-31-25-19-13-4)78-58-56-76-101(8)94(109)86-100(7)87-95(110)102(9)77-57-59-79-104(85-91(108)67-63-75-97(112)116-81-61-45-39-37-35-29-23-17-11-2)83-89(106)65-49-47-55-73-99(114)118-93(70-52-42-32-26-20-14-5)71-53-43-33-27-21-15-6/h88-93,105-108H,10-87H2,1-9H3. The van der Waals surface area contributed by atoms with Crippen molar-refractivity contribution in [3.63, 3.8) is 0 Å². The van der Waals surface area contributed by atoms with Gasteiger partial charge in [0.2, 0.25) is 11.8 Å². The Labute approximate surface area is 726 Å². The Morgan fingerprint density at radius 2 is 0.466 bits per heavy atom. The first-order valence-corrected chi connectivity index (χ1v) is 50.3. The van der Waals surface area contributed by atoms with Crippen LogP contribution in [0.3, 0.4) is 0 Å². The molecular weight excluding hydrogens is 1480 g/mol. The molecule has 0 saturated heterocycles. The molecule has 4 atom stereocenters. The number of ether oxygens (including phenoxy) is 4. The number of aliphatic hydroxyl groups is 4. The van der Waals surface area contributed by atoms with Crippen molar-refractivity contribution in [1.29, 1.82) is 0 Å². The van der Waals surface area contributed by atoms with Gasteiger partial charge in [-0.2, -0.15) is 0 Å². The van der Waals surface area contributed by atoms with Crippen LogP contribution in [-0.4, -0.2) is 217 Å². The lowest BCUT2D eigenvalue weighted by Gasteiger charge is -2.28. The predicted octanol–water partition coefficient (Wildman–Crippen LogP) is 22.7. The van der Waals surface area contributed by atoms with Crippen LogP contribution in [0.25, 0.3) is 0 Å². The van der Waals surface area contributed by atoms with Gasteiger partial charge in [0.05, 0.1) is 50.7 Å². The Morgan fingerprint density at radius 3 is 0.746 bits per heavy atom. The first-order valence-electron chi connectivity index (χ1n) is 50.3. The van der Waals surface area contributed by atoms with Crippen LogP contribution in [0.5, 0.6) is 0 Å². The number of nitrogens with zero attached hydrogens (tertiary/aromatic N) is 5. The molecule has 0 aliphatic heterocycles. The van der Waals surface area contributed by atoms with Crippen LogP contribution in [0.2, 0.25) is 0 Å². The fraction of sp³-hybridized carbons (Fsp3) is 0.939. The Morgan fingerprint density at radius 1 is 0.246 bits per heavy atom. The molecule has 4 N–H and O–H groups in total. The van der Waals surface area contributed by atoms with E-state index < -0.39 is 24.4 Å². The minimum absolute atomic E-state index is 0.00773. The van der Waals surface area contributed by atoms with E-state index in [0.29, 0.717) is 143 Å². The minimum atomic E-state index is -0.701. The summed E-state index contributed by atoms with van der Waals surface area (Å²) >= 11 is 0. The normalized spacial score (nSPS) is 12.8. The highest BCUT2D eigenvalue weighted by Gasteiger charge is 2.23. The summed E-state index contributed by atoms with van der Waals surface area (Å²) in [6.45, 7) is 18.1. The van der Waals surface area contributed by atoms with Gasteiger partial charge in [-0.3, -0.25) is 43.5 Å². The van der Waals surface area contributed by atoms with Gasteiger partial charge in [-0.1, -0.05) is 298 Å². The molecule has 0 rings (SSSR count). The van der Waals surface area contributed by atoms with Crippen LogP contribution >= 0.6 is 0 Å². The number of unbranched alkanes of at least 4 members (excludes halogenated alkanes) is 42. The molecule has 4 unspecified atom stereocenters. The van der Waals surface area contributed by atoms with Crippen LogP contribution < -0.4 is 0 Å². The minimum Gasteiger partial charge on any atom is -0.466 e. The van der Waals surface area contributed by atoms with Gasteiger partial charge < -0.3 is 49.2 Å². The second kappa shape index (κ2) is 85.7. The van der Waals surface area contributed by atoms with Crippen molar-refractivity contribution in [3.8, 4) is 0 Å². The second-order valence-corrected chi connectivity index (χ2v) is 35.9. The third-order valence-electron chi connectivity index (χ3n) is 23.8. The van der Waals surface area contributed by atoms with Gasteiger partial charge in [0.1, 0.15) is 12.2 Å². The predicted molar refractivity (Wildman–Crippen MR) is 490 cm³/mol. The van der Waals surface area contributed by atoms with Crippen molar-refractivity contribution in [2.24, 2.45) is 0 Å². The molecule has 0 aromatic carbocycles. The van der Waals surface area contributed by atoms with E-state index in [-0.39, 0.29) is 73.8 Å². The fourth-order valence-electron chi connectivity index (χ4n) is 16.0. The summed E-state index contributed by atoms with van der Waals surface area (Å²) in [5.41, 5.74) is 0. The molecule has 0 radical (unpaired) electrons. The second-order valence-electron chi connectivity index (χ2n) is 35.9. The molecule has 0 spiro atoms. The highest BCUT2D eigenvalue weighted by molar-refractivity contribution is 5.81. The lowest BCUT2D eigenvalue weighted by molar-refractivity contribution is -0.151. The lowest BCUT2D eigenvalue weighted by atomic mass is 10.0. The average molecular weight is 1680 g/mol. The van der Waals surface area contributed by atoms with E-state index in [0.717, 1.165) is 128 Å². The summed E-state index contributed by atoms with van der Waals surface area (Å²) in [6.07, 6.45) is 63.4. The quantitative estimate of drug-likeness (QED) is 0.0252. The maximum Gasteiger partial charge on any atom is 0.306 e. The summed E-state index contributed by atoms with van der Waals surface area (Å²) < 4.78 is 23.3. The van der Waals surface area contributed by atoms with Crippen molar-refractivity contribution < 1.29 is 68.1 Å². The highest BCUT2D eigenvalue weighted by atomic mass is 16.6. The lowest BCUT2D eigenvalue weighted by Crippen LogP contribution is -2.42. The molecule has 0 saturated carbocycles. The van der Waals surface area contributed by atoms with E-state index in [1.54, 1.807) is 35.8 Å². The number of amides is 2. The summed E-state index contributed by atoms with van der Waals surface area (Å²) in [6, 6.07) is 0. The molecule has 0 aliphatic carbocycles. The molecule has 0 bridgehead atoms. The van der Waals surface area contributed by atoms with Crippen LogP contribution in [0.1, 0.15) is 465 Å². The molecule has 698 valence electrons. The van der Waals surface area contributed by atoms with Crippen LogP contribution in [0.4, 0.5) is 0 Å². The number of carbonyl (C=O) groups excluding carboxylic acids is 6. The molecule has 19 nitrogen and oxygen atoms in total. The Bertz CT molecular complexity index is 2070. The Balaban J connectivity index is 5.62. The molecule has 19 heteroatoms. The van der Waals surface area contributed by atoms with Crippen molar-refractivity contribution >= 4 is 35.7 Å². The average Bonchev–Trinajstić information content (AvgIpc) is 0.927. The highest BCUT2D eigenvalue weighted by Crippen LogP contribution is 2.23. The first kappa shape index (κ1) is 115. The summed E-state index contributed by atoms with van der Waals surface area (Å²) in [5, 5.41) is 45.5. The maximum atomic E-state index is 13.6. The number of esters is 4. The van der Waals surface area contributed by atoms with Gasteiger partial charge in [-0.05, 0) is 161 Å². The number of likely N-dealkylation sites (N-methyl/N-ethyl adjacent to an activating group) is 3. The van der Waals surface area contributed by atoms with E-state index in [1.807, 2.05) is 0 Å². The third-order valence-corrected chi connectivity index (χ3v) is 23.8. The largest absolute Gasteiger partial charge is 0.466 e. The zero-order valence-corrected chi connectivity index (χ0v) is 78.7. The zero-order chi connectivity index (χ0) is 86.8. The maximum absolute atomic E-state index is 13.6. The zero-order valence-electron chi connectivity index (χ0n) is 78.7. The van der Waals surface area contributed by atoms with Crippen LogP contribution in [0, 0.1) is 0 Å². The van der Waals surface area contributed by atoms with Crippen molar-refractivity contribution in [2.45, 2.75) is 502 Å². The SMILES string of the molecule is CCCCCCCCCCCOC(=O)CCCC(O)CN(CCCCN(C)C(=O)CN(C)CC(=O)N(C)CCCCN(CC(O)CCCCCC(=O)OC(CCCCCCCC)CCCCCCCC)CC(O)CCCC(=O)OCCCCCCCCCCC)CC(O)CCCCCC(=O)OC(CCCCCCCC)CCCCCCCC. The fourth-order valence-corrected chi connectivity index (χ4v) is 16.0. The van der Waals surface area contributed by atoms with Gasteiger partial charge >= 0.3 is 23.9 Å². The van der Waals surface area contributed by atoms with Gasteiger partial charge in [-0.15, -0.1) is 0 Å². The van der Waals surface area contributed by atoms with Gasteiger partial charge in [0, 0.05) is 79.0 Å². The third kappa shape index (κ3) is 77.4.